The van der Waals surface area contributed by atoms with E-state index in [1.165, 1.54) is 6.07 Å². The predicted octanol–water partition coefficient (Wildman–Crippen LogP) is 5.96. The maximum Gasteiger partial charge on any atom is 0.416 e. The molecule has 2 aromatic heterocycles. The second-order valence-electron chi connectivity index (χ2n) is 8.89. The summed E-state index contributed by atoms with van der Waals surface area (Å²) in [4.78, 5) is 25.0. The lowest BCUT2D eigenvalue weighted by atomic mass is 10.0. The van der Waals surface area contributed by atoms with Gasteiger partial charge in [-0.25, -0.2) is 4.79 Å². The Morgan fingerprint density at radius 3 is 2.35 bits per heavy atom. The van der Waals surface area contributed by atoms with E-state index in [0.717, 1.165) is 34.0 Å². The number of fused-ring (bicyclic) bond motifs is 1. The topological polar surface area (TPSA) is 73.4 Å². The summed E-state index contributed by atoms with van der Waals surface area (Å²) in [5.41, 5.74) is 1.99. The van der Waals surface area contributed by atoms with Gasteiger partial charge in [-0.3, -0.25) is 9.97 Å². The number of hydrogen-bond donors (Lipinski definition) is 2. The standard InChI is InChI=1S/C27H27F3N6O/c1-35(2)12-13-36(3)25-9-6-20(27(28,29)30)14-24(25)34-26(37)33-21-7-4-18(5-8-21)22-17-32-15-19-10-11-31-16-23(19)22/h4-11,14-17H,12-13H2,1-3H3,(H2,33,34,37). The molecule has 0 aliphatic rings. The highest BCUT2D eigenvalue weighted by Crippen LogP contribution is 2.35. The molecule has 192 valence electrons. The number of alkyl halides is 3. The number of benzene rings is 2. The Kier molecular flexibility index (Phi) is 7.58. The van der Waals surface area contributed by atoms with E-state index in [2.05, 4.69) is 20.6 Å². The van der Waals surface area contributed by atoms with E-state index in [-0.39, 0.29) is 5.69 Å². The van der Waals surface area contributed by atoms with Gasteiger partial charge in [-0.1, -0.05) is 12.1 Å². The third kappa shape index (κ3) is 6.34. The van der Waals surface area contributed by atoms with Crippen LogP contribution in [0, 0.1) is 0 Å². The van der Waals surface area contributed by atoms with Crippen LogP contribution in [0.1, 0.15) is 5.56 Å². The van der Waals surface area contributed by atoms with Crippen LogP contribution in [0.3, 0.4) is 0 Å². The molecule has 0 aliphatic carbocycles. The van der Waals surface area contributed by atoms with Gasteiger partial charge < -0.3 is 20.4 Å². The molecule has 4 aromatic rings. The lowest BCUT2D eigenvalue weighted by molar-refractivity contribution is -0.137. The van der Waals surface area contributed by atoms with Crippen LogP contribution >= 0.6 is 0 Å². The van der Waals surface area contributed by atoms with Gasteiger partial charge >= 0.3 is 12.2 Å². The van der Waals surface area contributed by atoms with Crippen LogP contribution in [0.2, 0.25) is 0 Å². The summed E-state index contributed by atoms with van der Waals surface area (Å²) in [6.07, 6.45) is 2.46. The maximum atomic E-state index is 13.4. The molecule has 37 heavy (non-hydrogen) atoms. The number of pyridine rings is 2. The Morgan fingerprint density at radius 1 is 0.892 bits per heavy atom. The molecule has 7 nitrogen and oxygen atoms in total. The minimum atomic E-state index is -4.53. The Hall–Kier alpha value is -4.18. The summed E-state index contributed by atoms with van der Waals surface area (Å²) < 4.78 is 40.1. The van der Waals surface area contributed by atoms with Gasteiger partial charge in [0.25, 0.3) is 0 Å². The predicted molar refractivity (Wildman–Crippen MR) is 141 cm³/mol. The third-order valence-corrected chi connectivity index (χ3v) is 5.88. The smallest absolute Gasteiger partial charge is 0.372 e. The van der Waals surface area contributed by atoms with E-state index in [9.17, 15) is 18.0 Å². The normalized spacial score (nSPS) is 11.5. The molecule has 0 radical (unpaired) electrons. The number of amides is 2. The average Bonchev–Trinajstić information content (AvgIpc) is 2.87. The highest BCUT2D eigenvalue weighted by molar-refractivity contribution is 6.02. The van der Waals surface area contributed by atoms with E-state index < -0.39 is 17.8 Å². The van der Waals surface area contributed by atoms with Gasteiger partial charge in [0, 0.05) is 66.9 Å². The molecule has 0 spiro atoms. The second kappa shape index (κ2) is 10.8. The first kappa shape index (κ1) is 25.9. The Balaban J connectivity index is 1.52. The molecule has 2 N–H and O–H groups in total. The molecule has 2 aromatic carbocycles. The molecule has 0 saturated carbocycles. The van der Waals surface area contributed by atoms with E-state index in [1.54, 1.807) is 48.9 Å². The number of nitrogens with zero attached hydrogens (tertiary/aromatic N) is 4. The average molecular weight is 509 g/mol. The van der Waals surface area contributed by atoms with Gasteiger partial charge in [-0.05, 0) is 56.1 Å². The molecule has 0 bridgehead atoms. The molecule has 0 aliphatic heterocycles. The molecule has 0 fully saturated rings. The Bertz CT molecular complexity index is 1380. The van der Waals surface area contributed by atoms with Crippen molar-refractivity contribution < 1.29 is 18.0 Å². The van der Waals surface area contributed by atoms with Crippen LogP contribution in [0.5, 0.6) is 0 Å². The summed E-state index contributed by atoms with van der Waals surface area (Å²) in [5, 5.41) is 7.19. The van der Waals surface area contributed by atoms with E-state index in [0.29, 0.717) is 24.5 Å². The molecule has 4 rings (SSSR count). The first-order chi connectivity index (χ1) is 17.6. The maximum absolute atomic E-state index is 13.4. The van der Waals surface area contributed by atoms with Crippen LogP contribution in [-0.2, 0) is 6.18 Å². The Labute approximate surface area is 212 Å². The van der Waals surface area contributed by atoms with Crippen LogP contribution in [0.25, 0.3) is 21.9 Å². The van der Waals surface area contributed by atoms with Gasteiger partial charge in [-0.15, -0.1) is 0 Å². The van der Waals surface area contributed by atoms with Crippen molar-refractivity contribution in [3.8, 4) is 11.1 Å². The second-order valence-corrected chi connectivity index (χ2v) is 8.89. The monoisotopic (exact) mass is 508 g/mol. The molecular formula is C27H27F3N6O. The van der Waals surface area contributed by atoms with Crippen molar-refractivity contribution in [1.29, 1.82) is 0 Å². The molecular weight excluding hydrogens is 481 g/mol. The quantitative estimate of drug-likeness (QED) is 0.322. The Morgan fingerprint density at radius 2 is 1.65 bits per heavy atom. The number of urea groups is 1. The fourth-order valence-electron chi connectivity index (χ4n) is 3.87. The number of nitrogens with one attached hydrogen (secondary N) is 2. The van der Waals surface area contributed by atoms with Gasteiger partial charge in [0.1, 0.15) is 0 Å². The van der Waals surface area contributed by atoms with Gasteiger partial charge in [0.05, 0.1) is 16.9 Å². The highest BCUT2D eigenvalue weighted by Gasteiger charge is 2.31. The molecule has 2 heterocycles. The lowest BCUT2D eigenvalue weighted by Gasteiger charge is -2.25. The summed E-state index contributed by atoms with van der Waals surface area (Å²) >= 11 is 0. The summed E-state index contributed by atoms with van der Waals surface area (Å²) in [7, 11) is 5.59. The number of hydrogen-bond acceptors (Lipinski definition) is 5. The van der Waals surface area contributed by atoms with Crippen LogP contribution in [-0.4, -0.2) is 55.1 Å². The third-order valence-electron chi connectivity index (χ3n) is 5.88. The fourth-order valence-corrected chi connectivity index (χ4v) is 3.87. The molecule has 0 unspecified atom stereocenters. The zero-order valence-electron chi connectivity index (χ0n) is 20.7. The van der Waals surface area contributed by atoms with E-state index in [4.69, 9.17) is 0 Å². The van der Waals surface area contributed by atoms with E-state index >= 15 is 0 Å². The van der Waals surface area contributed by atoms with Crippen molar-refractivity contribution in [3.05, 3.63) is 78.9 Å². The van der Waals surface area contributed by atoms with Crippen molar-refractivity contribution in [1.82, 2.24) is 14.9 Å². The van der Waals surface area contributed by atoms with E-state index in [1.807, 2.05) is 37.2 Å². The van der Waals surface area contributed by atoms with Gasteiger partial charge in [-0.2, -0.15) is 13.2 Å². The molecule has 0 saturated heterocycles. The molecule has 2 amide bonds. The largest absolute Gasteiger partial charge is 0.416 e. The molecule has 10 heteroatoms. The highest BCUT2D eigenvalue weighted by atomic mass is 19.4. The van der Waals surface area contributed by atoms with Crippen molar-refractivity contribution in [2.24, 2.45) is 0 Å². The SMILES string of the molecule is CN(C)CCN(C)c1ccc(C(F)(F)F)cc1NC(=O)Nc1ccc(-c2cncc3ccncc23)cc1. The summed E-state index contributed by atoms with van der Waals surface area (Å²) in [6.45, 7) is 1.26. The minimum Gasteiger partial charge on any atom is -0.372 e. The summed E-state index contributed by atoms with van der Waals surface area (Å²) in [6, 6.07) is 11.7. The number of rotatable bonds is 7. The van der Waals surface area contributed by atoms with Crippen molar-refractivity contribution in [2.45, 2.75) is 6.18 Å². The van der Waals surface area contributed by atoms with Crippen molar-refractivity contribution in [3.63, 3.8) is 0 Å². The number of likely N-dealkylation sites (N-methyl/N-ethyl adjacent to an activating group) is 2. The number of carbonyl (C=O) groups excluding carboxylic acids is 1. The fraction of sp³-hybridized carbons (Fsp3) is 0.222. The number of anilines is 3. The zero-order valence-corrected chi connectivity index (χ0v) is 20.7. The summed E-state index contributed by atoms with van der Waals surface area (Å²) in [5.74, 6) is 0. The number of aromatic nitrogens is 2. The zero-order chi connectivity index (χ0) is 26.6. The number of halogens is 3. The first-order valence-electron chi connectivity index (χ1n) is 11.5. The van der Waals surface area contributed by atoms with Crippen LogP contribution < -0.4 is 15.5 Å². The van der Waals surface area contributed by atoms with Crippen LogP contribution in [0.4, 0.5) is 35.0 Å². The van der Waals surface area contributed by atoms with Crippen LogP contribution in [0.15, 0.2) is 73.3 Å². The van der Waals surface area contributed by atoms with Gasteiger partial charge in [0.2, 0.25) is 0 Å². The lowest BCUT2D eigenvalue weighted by Crippen LogP contribution is -2.30. The number of carbonyl (C=O) groups is 1. The van der Waals surface area contributed by atoms with Crippen molar-refractivity contribution in [2.75, 3.05) is 49.8 Å². The van der Waals surface area contributed by atoms with Gasteiger partial charge in [0.15, 0.2) is 0 Å². The first-order valence-corrected chi connectivity index (χ1v) is 11.5. The molecule has 0 atom stereocenters. The van der Waals surface area contributed by atoms with Crippen molar-refractivity contribution >= 4 is 33.9 Å². The minimum absolute atomic E-state index is 0.0690.